The smallest absolute Gasteiger partial charge is 0.329 e. The molecule has 2 aromatic carbocycles. The number of hydrazone groups is 1. The van der Waals surface area contributed by atoms with E-state index >= 15 is 0 Å². The number of ether oxygens (including phenoxy) is 2. The quantitative estimate of drug-likeness (QED) is 0.203. The summed E-state index contributed by atoms with van der Waals surface area (Å²) in [4.78, 5) is 35.8. The van der Waals surface area contributed by atoms with Crippen LogP contribution in [0.2, 0.25) is 0 Å². The van der Waals surface area contributed by atoms with Crippen LogP contribution in [0.5, 0.6) is 5.75 Å². The number of hydrogen-bond donors (Lipinski definition) is 3. The first-order valence-electron chi connectivity index (χ1n) is 11.1. The lowest BCUT2D eigenvalue weighted by Gasteiger charge is -2.12. The molecule has 0 saturated heterocycles. The predicted molar refractivity (Wildman–Crippen MR) is 131 cm³/mol. The summed E-state index contributed by atoms with van der Waals surface area (Å²) in [6, 6.07) is 12.6. The van der Waals surface area contributed by atoms with E-state index in [2.05, 4.69) is 21.2 Å². The van der Waals surface area contributed by atoms with Crippen molar-refractivity contribution in [2.24, 2.45) is 5.10 Å². The summed E-state index contributed by atoms with van der Waals surface area (Å²) in [5.41, 5.74) is 5.53. The number of anilines is 1. The lowest BCUT2D eigenvalue weighted by molar-refractivity contribution is -0.139. The molecule has 0 aliphatic rings. The molecule has 182 valence electrons. The Morgan fingerprint density at radius 3 is 2.44 bits per heavy atom. The molecule has 34 heavy (non-hydrogen) atoms. The number of nitrogens with zero attached hydrogens (tertiary/aromatic N) is 1. The summed E-state index contributed by atoms with van der Waals surface area (Å²) in [6.45, 7) is 8.39. The van der Waals surface area contributed by atoms with E-state index in [1.807, 2.05) is 45.9 Å². The molecule has 0 aromatic heterocycles. The van der Waals surface area contributed by atoms with Gasteiger partial charge in [-0.25, -0.2) is 5.43 Å². The van der Waals surface area contributed by atoms with Crippen LogP contribution in [-0.2, 0) is 19.1 Å². The Morgan fingerprint density at radius 2 is 1.74 bits per heavy atom. The fourth-order valence-electron chi connectivity index (χ4n) is 2.91. The SMILES string of the molecule is Cc1cccc(C)c1NC(=O)COc1cccc(/C=N\NC(=O)C(=O)NCCCOC(C)C)c1. The van der Waals surface area contributed by atoms with Gasteiger partial charge in [-0.3, -0.25) is 14.4 Å². The van der Waals surface area contributed by atoms with Gasteiger partial charge in [0.15, 0.2) is 6.61 Å². The fourth-order valence-corrected chi connectivity index (χ4v) is 2.91. The van der Waals surface area contributed by atoms with Gasteiger partial charge in [0.1, 0.15) is 5.75 Å². The Balaban J connectivity index is 1.77. The van der Waals surface area contributed by atoms with Crippen molar-refractivity contribution in [3.05, 3.63) is 59.2 Å². The van der Waals surface area contributed by atoms with Crippen LogP contribution < -0.4 is 20.8 Å². The van der Waals surface area contributed by atoms with Gasteiger partial charge in [0.05, 0.1) is 12.3 Å². The maximum Gasteiger partial charge on any atom is 0.329 e. The zero-order valence-corrected chi connectivity index (χ0v) is 20.0. The number of hydrogen-bond acceptors (Lipinski definition) is 6. The lowest BCUT2D eigenvalue weighted by Crippen LogP contribution is -2.38. The van der Waals surface area contributed by atoms with E-state index < -0.39 is 11.8 Å². The number of para-hydroxylation sites is 1. The minimum absolute atomic E-state index is 0.122. The van der Waals surface area contributed by atoms with Crippen molar-refractivity contribution in [2.75, 3.05) is 25.1 Å². The van der Waals surface area contributed by atoms with Crippen molar-refractivity contribution in [1.82, 2.24) is 10.7 Å². The van der Waals surface area contributed by atoms with Crippen molar-refractivity contribution in [3.63, 3.8) is 0 Å². The van der Waals surface area contributed by atoms with E-state index in [4.69, 9.17) is 9.47 Å². The molecule has 0 saturated carbocycles. The highest BCUT2D eigenvalue weighted by molar-refractivity contribution is 6.35. The van der Waals surface area contributed by atoms with Crippen LogP contribution in [0.3, 0.4) is 0 Å². The number of nitrogens with one attached hydrogen (secondary N) is 3. The first-order valence-corrected chi connectivity index (χ1v) is 11.1. The normalized spacial score (nSPS) is 10.9. The number of benzene rings is 2. The molecule has 0 spiro atoms. The van der Waals surface area contributed by atoms with Gasteiger partial charge in [-0.2, -0.15) is 5.10 Å². The van der Waals surface area contributed by atoms with E-state index in [1.165, 1.54) is 6.21 Å². The molecule has 9 heteroatoms. The van der Waals surface area contributed by atoms with Crippen molar-refractivity contribution in [1.29, 1.82) is 0 Å². The predicted octanol–water partition coefficient (Wildman–Crippen LogP) is 2.70. The standard InChI is InChI=1S/C25H32N4O5/c1-17(2)33-13-7-12-26-24(31)25(32)29-27-15-20-10-6-11-21(14-20)34-16-22(30)28-23-18(3)8-5-9-19(23)4/h5-6,8-11,14-15,17H,7,12-13,16H2,1-4H3,(H,26,31)(H,28,30)(H,29,32)/b27-15-. The van der Waals surface area contributed by atoms with Gasteiger partial charge in [-0.1, -0.05) is 30.3 Å². The molecule has 0 radical (unpaired) electrons. The Hall–Kier alpha value is -3.72. The fraction of sp³-hybridized carbons (Fsp3) is 0.360. The molecule has 3 N–H and O–H groups in total. The van der Waals surface area contributed by atoms with Gasteiger partial charge in [0.2, 0.25) is 0 Å². The number of carbonyl (C=O) groups is 3. The highest BCUT2D eigenvalue weighted by atomic mass is 16.5. The third-order valence-corrected chi connectivity index (χ3v) is 4.62. The minimum atomic E-state index is -0.864. The van der Waals surface area contributed by atoms with Gasteiger partial charge < -0.3 is 20.1 Å². The Bertz CT molecular complexity index is 1000. The van der Waals surface area contributed by atoms with Crippen molar-refractivity contribution >= 4 is 29.6 Å². The zero-order valence-electron chi connectivity index (χ0n) is 20.0. The largest absolute Gasteiger partial charge is 0.484 e. The minimum Gasteiger partial charge on any atom is -0.484 e. The van der Waals surface area contributed by atoms with E-state index in [9.17, 15) is 14.4 Å². The van der Waals surface area contributed by atoms with Crippen LogP contribution in [0.25, 0.3) is 0 Å². The number of aryl methyl sites for hydroxylation is 2. The maximum atomic E-state index is 12.3. The van der Waals surface area contributed by atoms with E-state index in [0.29, 0.717) is 30.9 Å². The Labute approximate surface area is 199 Å². The van der Waals surface area contributed by atoms with Crippen LogP contribution in [0.1, 0.15) is 37.0 Å². The second-order valence-electron chi connectivity index (χ2n) is 7.90. The van der Waals surface area contributed by atoms with Crippen molar-refractivity contribution < 1.29 is 23.9 Å². The molecule has 2 rings (SSSR count). The number of amides is 3. The lowest BCUT2D eigenvalue weighted by atomic mass is 10.1. The molecule has 0 unspecified atom stereocenters. The summed E-state index contributed by atoms with van der Waals surface area (Å²) >= 11 is 0. The van der Waals surface area contributed by atoms with Gasteiger partial charge in [0.25, 0.3) is 5.91 Å². The summed E-state index contributed by atoms with van der Waals surface area (Å²) in [7, 11) is 0. The summed E-state index contributed by atoms with van der Waals surface area (Å²) in [6.07, 6.45) is 2.11. The van der Waals surface area contributed by atoms with E-state index in [0.717, 1.165) is 16.8 Å². The van der Waals surface area contributed by atoms with Crippen LogP contribution in [0.15, 0.2) is 47.6 Å². The van der Waals surface area contributed by atoms with Gasteiger partial charge in [0, 0.05) is 18.8 Å². The van der Waals surface area contributed by atoms with Crippen LogP contribution in [-0.4, -0.2) is 49.8 Å². The molecule has 3 amide bonds. The topological polar surface area (TPSA) is 118 Å². The second kappa shape index (κ2) is 13.7. The van der Waals surface area contributed by atoms with E-state index in [1.54, 1.807) is 24.3 Å². The summed E-state index contributed by atoms with van der Waals surface area (Å²) < 4.78 is 10.9. The zero-order chi connectivity index (χ0) is 24.9. The highest BCUT2D eigenvalue weighted by Crippen LogP contribution is 2.19. The number of carbonyl (C=O) groups excluding carboxylic acids is 3. The monoisotopic (exact) mass is 468 g/mol. The summed E-state index contributed by atoms with van der Waals surface area (Å²) in [5, 5.41) is 9.16. The Morgan fingerprint density at radius 1 is 1.03 bits per heavy atom. The van der Waals surface area contributed by atoms with Gasteiger partial charge in [-0.05, 0) is 62.9 Å². The molecule has 0 atom stereocenters. The molecule has 0 bridgehead atoms. The molecule has 0 heterocycles. The molecule has 0 fully saturated rings. The summed E-state index contributed by atoms with van der Waals surface area (Å²) in [5.74, 6) is -1.44. The van der Waals surface area contributed by atoms with Gasteiger partial charge >= 0.3 is 11.8 Å². The van der Waals surface area contributed by atoms with Gasteiger partial charge in [-0.15, -0.1) is 0 Å². The van der Waals surface area contributed by atoms with Crippen LogP contribution in [0.4, 0.5) is 5.69 Å². The second-order valence-corrected chi connectivity index (χ2v) is 7.90. The Kier molecular flexibility index (Phi) is 10.7. The number of rotatable bonds is 11. The molecular weight excluding hydrogens is 436 g/mol. The maximum absolute atomic E-state index is 12.3. The third-order valence-electron chi connectivity index (χ3n) is 4.62. The molecule has 0 aliphatic carbocycles. The molecular formula is C25H32N4O5. The van der Waals surface area contributed by atoms with Crippen molar-refractivity contribution in [3.8, 4) is 5.75 Å². The molecule has 9 nitrogen and oxygen atoms in total. The average molecular weight is 469 g/mol. The molecule has 0 aliphatic heterocycles. The molecule has 2 aromatic rings. The third kappa shape index (κ3) is 9.41. The van der Waals surface area contributed by atoms with Crippen molar-refractivity contribution in [2.45, 2.75) is 40.2 Å². The van der Waals surface area contributed by atoms with Crippen LogP contribution in [0, 0.1) is 13.8 Å². The first kappa shape index (κ1) is 26.5. The van der Waals surface area contributed by atoms with Crippen LogP contribution >= 0.6 is 0 Å². The average Bonchev–Trinajstić information content (AvgIpc) is 2.80. The first-order chi connectivity index (χ1) is 16.3. The van der Waals surface area contributed by atoms with E-state index in [-0.39, 0.29) is 18.6 Å². The highest BCUT2D eigenvalue weighted by Gasteiger charge is 2.11.